The van der Waals surface area contributed by atoms with Gasteiger partial charge in [-0.15, -0.1) is 12.4 Å². The van der Waals surface area contributed by atoms with Gasteiger partial charge in [0.2, 0.25) is 11.8 Å². The van der Waals surface area contributed by atoms with Crippen molar-refractivity contribution in [3.8, 4) is 0 Å². The predicted octanol–water partition coefficient (Wildman–Crippen LogP) is 0.310. The van der Waals surface area contributed by atoms with Gasteiger partial charge in [-0.3, -0.25) is 9.59 Å². The van der Waals surface area contributed by atoms with Gasteiger partial charge in [0.1, 0.15) is 12.6 Å². The summed E-state index contributed by atoms with van der Waals surface area (Å²) in [6, 6.07) is -0.399. The van der Waals surface area contributed by atoms with Gasteiger partial charge in [-0.05, 0) is 24.8 Å². The fourth-order valence-corrected chi connectivity index (χ4v) is 2.34. The maximum atomic E-state index is 12.3. The number of hydrogen-bond acceptors (Lipinski definition) is 4. The molecule has 0 aromatic heterocycles. The van der Waals surface area contributed by atoms with Crippen LogP contribution in [0.15, 0.2) is 0 Å². The zero-order valence-electron chi connectivity index (χ0n) is 13.3. The summed E-state index contributed by atoms with van der Waals surface area (Å²) in [5, 5.41) is 9.04. The number of carbonyl (C=O) groups excluding carboxylic acids is 2. The molecule has 0 spiro atoms. The molecular weight excluding hydrogens is 294 g/mol. The first kappa shape index (κ1) is 20.1. The summed E-state index contributed by atoms with van der Waals surface area (Å²) in [6.07, 6.45) is 1.05. The highest BCUT2D eigenvalue weighted by atomic mass is 35.5. The lowest BCUT2D eigenvalue weighted by Crippen LogP contribution is -2.57. The Morgan fingerprint density at radius 1 is 1.38 bits per heavy atom. The van der Waals surface area contributed by atoms with Gasteiger partial charge in [-0.25, -0.2) is 0 Å². The van der Waals surface area contributed by atoms with Crippen LogP contribution in [0.5, 0.6) is 0 Å². The molecular formula is C14H28ClN3O3. The number of ether oxygens (including phenoxy) is 1. The molecule has 7 heteroatoms. The first-order valence-corrected chi connectivity index (χ1v) is 7.25. The van der Waals surface area contributed by atoms with Crippen LogP contribution in [0.3, 0.4) is 0 Å². The third-order valence-electron chi connectivity index (χ3n) is 3.70. The van der Waals surface area contributed by atoms with Crippen LogP contribution in [0.2, 0.25) is 0 Å². The zero-order valence-corrected chi connectivity index (χ0v) is 14.1. The highest BCUT2D eigenvalue weighted by Gasteiger charge is 2.28. The molecule has 0 bridgehead atoms. The Balaban J connectivity index is 0.00000400. The van der Waals surface area contributed by atoms with Crippen molar-refractivity contribution in [1.82, 2.24) is 16.0 Å². The maximum Gasteiger partial charge on any atom is 0.246 e. The number of piperidine rings is 1. The van der Waals surface area contributed by atoms with E-state index in [0.717, 1.165) is 19.5 Å². The molecule has 0 radical (unpaired) electrons. The third kappa shape index (κ3) is 6.63. The van der Waals surface area contributed by atoms with Crippen LogP contribution in [0, 0.1) is 11.8 Å². The lowest BCUT2D eigenvalue weighted by molar-refractivity contribution is -0.132. The van der Waals surface area contributed by atoms with Gasteiger partial charge in [0.05, 0.1) is 0 Å². The summed E-state index contributed by atoms with van der Waals surface area (Å²) in [5.41, 5.74) is 0. The Kier molecular flexibility index (Phi) is 9.57. The Morgan fingerprint density at radius 3 is 2.57 bits per heavy atom. The minimum Gasteiger partial charge on any atom is -0.375 e. The van der Waals surface area contributed by atoms with E-state index < -0.39 is 6.04 Å². The summed E-state index contributed by atoms with van der Waals surface area (Å²) in [6.45, 7) is 7.72. The number of halogens is 1. The van der Waals surface area contributed by atoms with Crippen LogP contribution < -0.4 is 16.0 Å². The number of methoxy groups -OCH3 is 1. The standard InChI is InChI=1S/C14H27N3O3.ClH/c1-9(2)13(17-12(18)8-20-4)14(19)16-11-7-15-6-5-10(11)3;/h9-11,13,15H,5-8H2,1-4H3,(H,16,19)(H,17,18);1H/t10?,11?,13-;/m0./s1. The second-order valence-corrected chi connectivity index (χ2v) is 5.81. The molecule has 1 heterocycles. The molecule has 3 N–H and O–H groups in total. The zero-order chi connectivity index (χ0) is 15.1. The van der Waals surface area contributed by atoms with Crippen molar-refractivity contribution in [3.05, 3.63) is 0 Å². The lowest BCUT2D eigenvalue weighted by Gasteiger charge is -2.32. The van der Waals surface area contributed by atoms with Gasteiger partial charge in [0.15, 0.2) is 0 Å². The monoisotopic (exact) mass is 321 g/mol. The first-order chi connectivity index (χ1) is 9.45. The molecule has 1 aliphatic rings. The van der Waals surface area contributed by atoms with Crippen molar-refractivity contribution in [3.63, 3.8) is 0 Å². The van der Waals surface area contributed by atoms with Crippen molar-refractivity contribution in [2.45, 2.75) is 39.3 Å². The number of hydrogen-bond donors (Lipinski definition) is 3. The Labute approximate surface area is 133 Å². The van der Waals surface area contributed by atoms with E-state index in [9.17, 15) is 9.59 Å². The number of rotatable bonds is 6. The van der Waals surface area contributed by atoms with Crippen molar-refractivity contribution < 1.29 is 14.3 Å². The van der Waals surface area contributed by atoms with E-state index in [1.165, 1.54) is 7.11 Å². The highest BCUT2D eigenvalue weighted by molar-refractivity contribution is 5.88. The first-order valence-electron chi connectivity index (χ1n) is 7.25. The average Bonchev–Trinajstić information content (AvgIpc) is 2.38. The van der Waals surface area contributed by atoms with E-state index in [4.69, 9.17) is 4.74 Å². The van der Waals surface area contributed by atoms with Crippen molar-refractivity contribution in [2.75, 3.05) is 26.8 Å². The van der Waals surface area contributed by atoms with Crippen molar-refractivity contribution in [2.24, 2.45) is 11.8 Å². The molecule has 0 aromatic carbocycles. The van der Waals surface area contributed by atoms with Gasteiger partial charge in [0.25, 0.3) is 0 Å². The average molecular weight is 322 g/mol. The van der Waals surface area contributed by atoms with Gasteiger partial charge in [0, 0.05) is 19.7 Å². The van der Waals surface area contributed by atoms with Gasteiger partial charge >= 0.3 is 0 Å². The quantitative estimate of drug-likeness (QED) is 0.658. The molecule has 3 atom stereocenters. The summed E-state index contributed by atoms with van der Waals surface area (Å²) in [5.74, 6) is 0.0894. The molecule has 0 aromatic rings. The van der Waals surface area contributed by atoms with Crippen LogP contribution in [0.1, 0.15) is 27.2 Å². The molecule has 0 saturated carbocycles. The second kappa shape index (κ2) is 9.97. The Hall–Kier alpha value is -0.850. The van der Waals surface area contributed by atoms with E-state index in [0.29, 0.717) is 5.92 Å². The molecule has 1 fully saturated rings. The van der Waals surface area contributed by atoms with E-state index in [-0.39, 0.29) is 42.8 Å². The fraction of sp³-hybridized carbons (Fsp3) is 0.857. The smallest absolute Gasteiger partial charge is 0.246 e. The molecule has 2 amide bonds. The molecule has 6 nitrogen and oxygen atoms in total. The van der Waals surface area contributed by atoms with Gasteiger partial charge in [-0.2, -0.15) is 0 Å². The number of amides is 2. The van der Waals surface area contributed by atoms with Crippen LogP contribution in [0.25, 0.3) is 0 Å². The normalized spacial score (nSPS) is 23.1. The molecule has 1 rings (SSSR count). The number of carbonyl (C=O) groups is 2. The van der Waals surface area contributed by atoms with E-state index in [1.54, 1.807) is 0 Å². The summed E-state index contributed by atoms with van der Waals surface area (Å²) in [4.78, 5) is 23.9. The van der Waals surface area contributed by atoms with Crippen molar-refractivity contribution >= 4 is 24.2 Å². The van der Waals surface area contributed by atoms with Gasteiger partial charge in [-0.1, -0.05) is 20.8 Å². The highest BCUT2D eigenvalue weighted by Crippen LogP contribution is 2.12. The topological polar surface area (TPSA) is 79.5 Å². The predicted molar refractivity (Wildman–Crippen MR) is 84.5 cm³/mol. The Morgan fingerprint density at radius 2 is 2.05 bits per heavy atom. The molecule has 2 unspecified atom stereocenters. The van der Waals surface area contributed by atoms with Crippen molar-refractivity contribution in [1.29, 1.82) is 0 Å². The maximum absolute atomic E-state index is 12.3. The molecule has 124 valence electrons. The summed E-state index contributed by atoms with van der Waals surface area (Å²) >= 11 is 0. The largest absolute Gasteiger partial charge is 0.375 e. The second-order valence-electron chi connectivity index (χ2n) is 5.81. The van der Waals surface area contributed by atoms with E-state index in [1.807, 2.05) is 13.8 Å². The minimum atomic E-state index is -0.522. The van der Waals surface area contributed by atoms with Crippen LogP contribution in [-0.4, -0.2) is 50.7 Å². The molecule has 21 heavy (non-hydrogen) atoms. The van der Waals surface area contributed by atoms with Crippen LogP contribution in [-0.2, 0) is 14.3 Å². The third-order valence-corrected chi connectivity index (χ3v) is 3.70. The van der Waals surface area contributed by atoms with Crippen LogP contribution in [0.4, 0.5) is 0 Å². The molecule has 1 saturated heterocycles. The van der Waals surface area contributed by atoms with Crippen LogP contribution >= 0.6 is 12.4 Å². The minimum absolute atomic E-state index is 0. The van der Waals surface area contributed by atoms with E-state index >= 15 is 0 Å². The SMILES string of the molecule is COCC(=O)N[C@H](C(=O)NC1CNCCC1C)C(C)C.Cl. The molecule has 1 aliphatic heterocycles. The summed E-state index contributed by atoms with van der Waals surface area (Å²) in [7, 11) is 1.46. The molecule has 0 aliphatic carbocycles. The van der Waals surface area contributed by atoms with Gasteiger partial charge < -0.3 is 20.7 Å². The Bertz CT molecular complexity index is 339. The summed E-state index contributed by atoms with van der Waals surface area (Å²) < 4.78 is 4.78. The lowest BCUT2D eigenvalue weighted by atomic mass is 9.94. The van der Waals surface area contributed by atoms with E-state index in [2.05, 4.69) is 22.9 Å². The fourth-order valence-electron chi connectivity index (χ4n) is 2.34. The number of nitrogens with one attached hydrogen (secondary N) is 3.